The second-order valence-corrected chi connectivity index (χ2v) is 14.7. The molecule has 1 fully saturated rings. The molecule has 0 aromatic carbocycles. The molecule has 1 aliphatic heterocycles. The Hall–Kier alpha value is -1.27. The molecule has 1 aromatic heterocycles. The first kappa shape index (κ1) is 23.0. The van der Waals surface area contributed by atoms with Gasteiger partial charge in [-0.2, -0.15) is 0 Å². The summed E-state index contributed by atoms with van der Waals surface area (Å²) in [6.45, 7) is 15.9. The lowest BCUT2D eigenvalue weighted by atomic mass is 10.1. The van der Waals surface area contributed by atoms with Crippen molar-refractivity contribution in [1.29, 1.82) is 0 Å². The van der Waals surface area contributed by atoms with Crippen molar-refractivity contribution < 1.29 is 18.7 Å². The number of unbranched alkanes of at least 4 members (excludes halogenated alkanes) is 1. The molecule has 6 heteroatoms. The van der Waals surface area contributed by atoms with E-state index in [-0.39, 0.29) is 5.91 Å². The van der Waals surface area contributed by atoms with E-state index in [1.54, 1.807) is 11.8 Å². The van der Waals surface area contributed by atoms with Crippen molar-refractivity contribution >= 4 is 14.2 Å². The van der Waals surface area contributed by atoms with Crippen LogP contribution in [0.5, 0.6) is 5.95 Å². The van der Waals surface area contributed by atoms with Crippen LogP contribution in [0, 0.1) is 0 Å². The van der Waals surface area contributed by atoms with E-state index in [4.69, 9.17) is 8.84 Å². The number of hydrogen-bond donors (Lipinski definition) is 1. The van der Waals surface area contributed by atoms with Gasteiger partial charge in [0.15, 0.2) is 0 Å². The van der Waals surface area contributed by atoms with Gasteiger partial charge in [0.25, 0.3) is 14.3 Å². The third-order valence-electron chi connectivity index (χ3n) is 6.37. The monoisotopic (exact) mass is 409 g/mol. The molecule has 0 radical (unpaired) electrons. The van der Waals surface area contributed by atoms with E-state index in [0.717, 1.165) is 25.0 Å². The highest BCUT2D eigenvalue weighted by Gasteiger charge is 2.47. The van der Waals surface area contributed by atoms with Crippen LogP contribution in [-0.4, -0.2) is 36.5 Å². The van der Waals surface area contributed by atoms with Gasteiger partial charge in [-0.1, -0.05) is 41.5 Å². The lowest BCUT2D eigenvalue weighted by molar-refractivity contribution is -0.142. The largest absolute Gasteiger partial charge is 0.518 e. The smallest absolute Gasteiger partial charge is 0.270 e. The van der Waals surface area contributed by atoms with Gasteiger partial charge in [0, 0.05) is 31.9 Å². The average Bonchev–Trinajstić information content (AvgIpc) is 3.13. The summed E-state index contributed by atoms with van der Waals surface area (Å²) in [5.74, 6) is 1.63. The molecule has 1 aromatic rings. The summed E-state index contributed by atoms with van der Waals surface area (Å²) in [5.41, 5.74) is 0.534. The molecule has 1 atom stereocenters. The molecule has 1 aliphatic rings. The van der Waals surface area contributed by atoms with E-state index in [9.17, 15) is 9.90 Å². The summed E-state index contributed by atoms with van der Waals surface area (Å²) < 4.78 is 12.6. The fourth-order valence-electron chi connectivity index (χ4n) is 4.89. The van der Waals surface area contributed by atoms with E-state index >= 15 is 0 Å². The van der Waals surface area contributed by atoms with Gasteiger partial charge in [0.05, 0.1) is 0 Å². The number of likely N-dealkylation sites (tertiary alicyclic amines) is 1. The Kier molecular flexibility index (Phi) is 7.42. The van der Waals surface area contributed by atoms with Crippen LogP contribution in [0.1, 0.15) is 79.9 Å². The molecule has 1 saturated heterocycles. The second kappa shape index (κ2) is 9.03. The minimum absolute atomic E-state index is 0.0519. The highest BCUT2D eigenvalue weighted by atomic mass is 28.4. The Morgan fingerprint density at radius 2 is 1.75 bits per heavy atom. The summed E-state index contributed by atoms with van der Waals surface area (Å²) in [5, 5.41) is 10.3. The number of furan rings is 1. The molecule has 1 unspecified atom stereocenters. The Bertz CT molecular complexity index is 629. The van der Waals surface area contributed by atoms with E-state index in [2.05, 4.69) is 41.5 Å². The maximum atomic E-state index is 11.9. The standard InChI is InChI=1S/C22H39NO4Si/c1-16(2)28(17(3)4,18(5)6)27-21-12-11-19(26-21)10-8-9-15-23-20(24)13-14-22(23,7)25/h11-12,16-18,25H,8-10,13-15H2,1-7H3. The number of carbonyl (C=O) groups excluding carboxylic acids is 1. The Labute approximate surface area is 171 Å². The van der Waals surface area contributed by atoms with Gasteiger partial charge in [-0.05, 0) is 42.5 Å². The topological polar surface area (TPSA) is 62.9 Å². The molecule has 2 rings (SSSR count). The van der Waals surface area contributed by atoms with Crippen molar-refractivity contribution in [3.8, 4) is 5.95 Å². The Morgan fingerprint density at radius 3 is 2.25 bits per heavy atom. The van der Waals surface area contributed by atoms with Crippen molar-refractivity contribution in [2.24, 2.45) is 0 Å². The fraction of sp³-hybridized carbons (Fsp3) is 0.773. The molecular formula is C22H39NO4Si. The minimum Gasteiger partial charge on any atom is -0.518 e. The molecule has 1 N–H and O–H groups in total. The van der Waals surface area contributed by atoms with Gasteiger partial charge in [0.1, 0.15) is 11.5 Å². The van der Waals surface area contributed by atoms with Gasteiger partial charge < -0.3 is 18.8 Å². The number of carbonyl (C=O) groups is 1. The highest BCUT2D eigenvalue weighted by Crippen LogP contribution is 2.43. The summed E-state index contributed by atoms with van der Waals surface area (Å²) >= 11 is 0. The maximum absolute atomic E-state index is 11.9. The quantitative estimate of drug-likeness (QED) is 0.410. The van der Waals surface area contributed by atoms with Gasteiger partial charge in [-0.15, -0.1) is 0 Å². The van der Waals surface area contributed by atoms with Crippen LogP contribution in [-0.2, 0) is 11.2 Å². The third-order valence-corrected chi connectivity index (χ3v) is 12.3. The number of rotatable bonds is 10. The lowest BCUT2D eigenvalue weighted by Crippen LogP contribution is -2.50. The van der Waals surface area contributed by atoms with Gasteiger partial charge in [-0.25, -0.2) is 0 Å². The van der Waals surface area contributed by atoms with Crippen LogP contribution in [0.4, 0.5) is 0 Å². The summed E-state index contributed by atoms with van der Waals surface area (Å²) in [6, 6.07) is 3.96. The molecule has 1 amide bonds. The predicted octanol–water partition coefficient (Wildman–Crippen LogP) is 5.49. The SMILES string of the molecule is CC(C)[Si](Oc1ccc(CCCCN2C(=O)CCC2(C)O)o1)(C(C)C)C(C)C. The van der Waals surface area contributed by atoms with Crippen LogP contribution in [0.15, 0.2) is 16.5 Å². The highest BCUT2D eigenvalue weighted by molar-refractivity contribution is 6.78. The van der Waals surface area contributed by atoms with E-state index in [0.29, 0.717) is 42.0 Å². The van der Waals surface area contributed by atoms with Gasteiger partial charge >= 0.3 is 0 Å². The first-order chi connectivity index (χ1) is 13.0. The maximum Gasteiger partial charge on any atom is 0.270 e. The van der Waals surface area contributed by atoms with Crippen molar-refractivity contribution in [1.82, 2.24) is 4.90 Å². The molecule has 160 valence electrons. The van der Waals surface area contributed by atoms with E-state index in [1.165, 1.54) is 0 Å². The lowest BCUT2D eigenvalue weighted by Gasteiger charge is -2.41. The van der Waals surface area contributed by atoms with Crippen LogP contribution < -0.4 is 4.43 Å². The second-order valence-electron chi connectivity index (χ2n) is 9.36. The van der Waals surface area contributed by atoms with E-state index in [1.807, 2.05) is 12.1 Å². The summed E-state index contributed by atoms with van der Waals surface area (Å²) in [7, 11) is -2.00. The molecular weight excluding hydrogens is 370 g/mol. The third kappa shape index (κ3) is 4.82. The average molecular weight is 410 g/mol. The zero-order valence-electron chi connectivity index (χ0n) is 18.7. The number of hydrogen-bond acceptors (Lipinski definition) is 4. The Morgan fingerprint density at radius 1 is 1.14 bits per heavy atom. The zero-order valence-corrected chi connectivity index (χ0v) is 19.7. The zero-order chi connectivity index (χ0) is 21.1. The van der Waals surface area contributed by atoms with Crippen molar-refractivity contribution in [2.75, 3.05) is 6.54 Å². The minimum atomic E-state index is -2.00. The first-order valence-electron chi connectivity index (χ1n) is 10.8. The van der Waals surface area contributed by atoms with Gasteiger partial charge in [-0.3, -0.25) is 4.79 Å². The number of nitrogens with zero attached hydrogens (tertiary/aromatic N) is 1. The first-order valence-corrected chi connectivity index (χ1v) is 12.9. The van der Waals surface area contributed by atoms with Gasteiger partial charge in [0.2, 0.25) is 5.91 Å². The van der Waals surface area contributed by atoms with Crippen LogP contribution in [0.25, 0.3) is 0 Å². The molecule has 0 aliphatic carbocycles. The van der Waals surface area contributed by atoms with Crippen LogP contribution >= 0.6 is 0 Å². The van der Waals surface area contributed by atoms with Crippen molar-refractivity contribution in [3.63, 3.8) is 0 Å². The summed E-state index contributed by atoms with van der Waals surface area (Å²) in [4.78, 5) is 13.5. The molecule has 0 spiro atoms. The van der Waals surface area contributed by atoms with Crippen LogP contribution in [0.3, 0.4) is 0 Å². The number of aryl methyl sites for hydroxylation is 1. The van der Waals surface area contributed by atoms with Crippen LogP contribution in [0.2, 0.25) is 16.6 Å². The Balaban J connectivity index is 1.91. The summed E-state index contributed by atoms with van der Waals surface area (Å²) in [6.07, 6.45) is 3.54. The van der Waals surface area contributed by atoms with E-state index < -0.39 is 14.0 Å². The normalized spacial score (nSPS) is 20.8. The molecule has 28 heavy (non-hydrogen) atoms. The molecule has 5 nitrogen and oxygen atoms in total. The number of aliphatic hydroxyl groups is 1. The molecule has 2 heterocycles. The van der Waals surface area contributed by atoms with Crippen molar-refractivity contribution in [2.45, 2.75) is 103 Å². The number of amides is 1. The molecule has 0 saturated carbocycles. The predicted molar refractivity (Wildman–Crippen MR) is 115 cm³/mol. The molecule has 0 bridgehead atoms. The fourth-order valence-corrected chi connectivity index (χ4v) is 10.1. The van der Waals surface area contributed by atoms with Crippen molar-refractivity contribution in [3.05, 3.63) is 17.9 Å².